The van der Waals surface area contributed by atoms with Crippen LogP contribution in [-0.4, -0.2) is 19.3 Å². The molecule has 0 aliphatic rings. The van der Waals surface area contributed by atoms with E-state index in [1.807, 2.05) is 89.7 Å². The standard InChI is InChI=1S/C25H17ClN4/c1-2-16-29-23-11-7-6-10-22(23)27-25(29)21-17-30(20-8-4-3-5-9-20)28-24(21)18-12-14-19(26)15-13-18/h1,3-15,17H,16H2. The summed E-state index contributed by atoms with van der Waals surface area (Å²) in [4.78, 5) is 4.90. The second-order valence-corrected chi connectivity index (χ2v) is 7.33. The highest BCUT2D eigenvalue weighted by atomic mass is 35.5. The lowest BCUT2D eigenvalue weighted by Crippen LogP contribution is -1.99. The van der Waals surface area contributed by atoms with Gasteiger partial charge in [0, 0.05) is 16.8 Å². The normalized spacial score (nSPS) is 10.9. The van der Waals surface area contributed by atoms with Gasteiger partial charge in [-0.15, -0.1) is 6.42 Å². The van der Waals surface area contributed by atoms with Crippen molar-refractivity contribution in [1.82, 2.24) is 19.3 Å². The molecule has 144 valence electrons. The number of hydrogen-bond acceptors (Lipinski definition) is 2. The topological polar surface area (TPSA) is 35.6 Å². The quantitative estimate of drug-likeness (QED) is 0.350. The zero-order chi connectivity index (χ0) is 20.5. The molecule has 5 aromatic rings. The monoisotopic (exact) mass is 408 g/mol. The molecule has 4 nitrogen and oxygen atoms in total. The molecule has 0 fully saturated rings. The first-order valence-electron chi connectivity index (χ1n) is 9.55. The van der Waals surface area contributed by atoms with Crippen LogP contribution in [0.1, 0.15) is 0 Å². The number of benzene rings is 3. The molecular formula is C25H17ClN4. The highest BCUT2D eigenvalue weighted by Gasteiger charge is 2.20. The van der Waals surface area contributed by atoms with Crippen LogP contribution in [-0.2, 0) is 6.54 Å². The number of para-hydroxylation sites is 3. The largest absolute Gasteiger partial charge is 0.312 e. The molecule has 2 heterocycles. The number of aromatic nitrogens is 4. The van der Waals surface area contributed by atoms with Crippen molar-refractivity contribution in [3.8, 4) is 40.7 Å². The molecule has 0 amide bonds. The Hall–Kier alpha value is -3.81. The molecule has 0 aliphatic heterocycles. The first kappa shape index (κ1) is 18.2. The van der Waals surface area contributed by atoms with Gasteiger partial charge in [-0.05, 0) is 36.4 Å². The zero-order valence-corrected chi connectivity index (χ0v) is 16.8. The van der Waals surface area contributed by atoms with E-state index in [2.05, 4.69) is 10.5 Å². The van der Waals surface area contributed by atoms with Gasteiger partial charge in [-0.3, -0.25) is 0 Å². The Morgan fingerprint density at radius 2 is 1.63 bits per heavy atom. The van der Waals surface area contributed by atoms with Gasteiger partial charge in [0.05, 0.1) is 28.8 Å². The van der Waals surface area contributed by atoms with Crippen LogP contribution in [0.25, 0.3) is 39.4 Å². The van der Waals surface area contributed by atoms with Crippen LogP contribution >= 0.6 is 11.6 Å². The minimum absolute atomic E-state index is 0.423. The minimum Gasteiger partial charge on any atom is -0.312 e. The highest BCUT2D eigenvalue weighted by molar-refractivity contribution is 6.30. The van der Waals surface area contributed by atoms with Gasteiger partial charge in [-0.25, -0.2) is 9.67 Å². The summed E-state index contributed by atoms with van der Waals surface area (Å²) in [6.07, 6.45) is 7.69. The summed E-state index contributed by atoms with van der Waals surface area (Å²) in [7, 11) is 0. The third-order valence-electron chi connectivity index (χ3n) is 5.00. The van der Waals surface area contributed by atoms with Gasteiger partial charge < -0.3 is 4.57 Å². The van der Waals surface area contributed by atoms with Crippen molar-refractivity contribution in [2.75, 3.05) is 0 Å². The van der Waals surface area contributed by atoms with Gasteiger partial charge in [-0.2, -0.15) is 5.10 Å². The van der Waals surface area contributed by atoms with Gasteiger partial charge in [0.15, 0.2) is 0 Å². The molecule has 0 aliphatic carbocycles. The zero-order valence-electron chi connectivity index (χ0n) is 16.0. The van der Waals surface area contributed by atoms with Crippen LogP contribution < -0.4 is 0 Å². The fraction of sp³-hybridized carbons (Fsp3) is 0.0400. The molecule has 0 spiro atoms. The van der Waals surface area contributed by atoms with Crippen LogP contribution in [0.5, 0.6) is 0 Å². The van der Waals surface area contributed by atoms with Gasteiger partial charge in [0.25, 0.3) is 0 Å². The number of imidazole rings is 1. The van der Waals surface area contributed by atoms with E-state index in [4.69, 9.17) is 28.1 Å². The van der Waals surface area contributed by atoms with E-state index in [0.717, 1.165) is 39.4 Å². The Morgan fingerprint density at radius 1 is 0.900 bits per heavy atom. The number of fused-ring (bicyclic) bond motifs is 1. The molecule has 0 saturated heterocycles. The van der Waals surface area contributed by atoms with Crippen molar-refractivity contribution >= 4 is 22.6 Å². The fourth-order valence-electron chi connectivity index (χ4n) is 3.60. The van der Waals surface area contributed by atoms with Crippen molar-refractivity contribution in [2.24, 2.45) is 0 Å². The number of halogens is 1. The van der Waals surface area contributed by atoms with E-state index in [1.165, 1.54) is 0 Å². The Kier molecular flexibility index (Phi) is 4.59. The van der Waals surface area contributed by atoms with Gasteiger partial charge >= 0.3 is 0 Å². The minimum atomic E-state index is 0.423. The van der Waals surface area contributed by atoms with Crippen LogP contribution in [0, 0.1) is 12.3 Å². The molecule has 0 bridgehead atoms. The number of rotatable bonds is 4. The predicted octanol–water partition coefficient (Wildman–Crippen LogP) is 5.84. The van der Waals surface area contributed by atoms with Crippen LogP contribution in [0.3, 0.4) is 0 Å². The van der Waals surface area contributed by atoms with Gasteiger partial charge in [-0.1, -0.05) is 60.0 Å². The van der Waals surface area contributed by atoms with Crippen molar-refractivity contribution in [1.29, 1.82) is 0 Å². The summed E-state index contributed by atoms with van der Waals surface area (Å²) in [6, 6.07) is 25.7. The van der Waals surface area contributed by atoms with E-state index in [9.17, 15) is 0 Å². The molecular weight excluding hydrogens is 392 g/mol. The van der Waals surface area contributed by atoms with Gasteiger partial charge in [0.1, 0.15) is 11.5 Å². The van der Waals surface area contributed by atoms with Crippen molar-refractivity contribution in [2.45, 2.75) is 6.54 Å². The highest BCUT2D eigenvalue weighted by Crippen LogP contribution is 2.34. The van der Waals surface area contributed by atoms with E-state index in [0.29, 0.717) is 11.6 Å². The Bertz CT molecular complexity index is 1370. The molecule has 0 saturated carbocycles. The average Bonchev–Trinajstić information content (AvgIpc) is 3.38. The van der Waals surface area contributed by atoms with Gasteiger partial charge in [0.2, 0.25) is 0 Å². The molecule has 30 heavy (non-hydrogen) atoms. The van der Waals surface area contributed by atoms with E-state index in [-0.39, 0.29) is 0 Å². The summed E-state index contributed by atoms with van der Waals surface area (Å²) in [5.74, 6) is 3.55. The third kappa shape index (κ3) is 3.16. The molecule has 0 N–H and O–H groups in total. The predicted molar refractivity (Wildman–Crippen MR) is 122 cm³/mol. The number of hydrogen-bond donors (Lipinski definition) is 0. The van der Waals surface area contributed by atoms with E-state index < -0.39 is 0 Å². The maximum absolute atomic E-state index is 6.11. The molecule has 0 unspecified atom stereocenters. The maximum Gasteiger partial charge on any atom is 0.145 e. The Labute approximate surface area is 179 Å². The summed E-state index contributed by atoms with van der Waals surface area (Å²) in [6.45, 7) is 0.423. The molecule has 5 heteroatoms. The van der Waals surface area contributed by atoms with E-state index >= 15 is 0 Å². The number of terminal acetylenes is 1. The summed E-state index contributed by atoms with van der Waals surface area (Å²) in [5.41, 5.74) is 5.57. The van der Waals surface area contributed by atoms with Crippen molar-refractivity contribution < 1.29 is 0 Å². The smallest absolute Gasteiger partial charge is 0.145 e. The molecule has 3 aromatic carbocycles. The lowest BCUT2D eigenvalue weighted by molar-refractivity contribution is 0.877. The Morgan fingerprint density at radius 3 is 2.40 bits per heavy atom. The summed E-state index contributed by atoms with van der Waals surface area (Å²) < 4.78 is 3.93. The third-order valence-corrected chi connectivity index (χ3v) is 5.25. The summed E-state index contributed by atoms with van der Waals surface area (Å²) in [5, 5.41) is 5.58. The van der Waals surface area contributed by atoms with Crippen LogP contribution in [0.15, 0.2) is 85.1 Å². The fourth-order valence-corrected chi connectivity index (χ4v) is 3.73. The molecule has 0 atom stereocenters. The summed E-state index contributed by atoms with van der Waals surface area (Å²) >= 11 is 6.11. The average molecular weight is 409 g/mol. The molecule has 2 aromatic heterocycles. The molecule has 0 radical (unpaired) electrons. The van der Waals surface area contributed by atoms with Crippen molar-refractivity contribution in [3.05, 3.63) is 90.1 Å². The van der Waals surface area contributed by atoms with E-state index in [1.54, 1.807) is 0 Å². The number of nitrogens with zero attached hydrogens (tertiary/aromatic N) is 4. The SMILES string of the molecule is C#CCn1c(-c2cn(-c3ccccc3)nc2-c2ccc(Cl)cc2)nc2ccccc21. The maximum atomic E-state index is 6.11. The van der Waals surface area contributed by atoms with Crippen LogP contribution in [0.4, 0.5) is 0 Å². The van der Waals surface area contributed by atoms with Crippen LogP contribution in [0.2, 0.25) is 5.02 Å². The Balaban J connectivity index is 1.78. The lowest BCUT2D eigenvalue weighted by Gasteiger charge is -2.06. The second kappa shape index (κ2) is 7.55. The lowest BCUT2D eigenvalue weighted by atomic mass is 10.1. The second-order valence-electron chi connectivity index (χ2n) is 6.89. The van der Waals surface area contributed by atoms with Crippen molar-refractivity contribution in [3.63, 3.8) is 0 Å². The first-order chi connectivity index (χ1) is 14.7. The first-order valence-corrected chi connectivity index (χ1v) is 9.92. The molecule has 5 rings (SSSR count).